The third-order valence-electron chi connectivity index (χ3n) is 4.69. The molecule has 27 heavy (non-hydrogen) atoms. The smallest absolute Gasteiger partial charge is 0.259 e. The first-order valence-corrected chi connectivity index (χ1v) is 9.61. The second-order valence-electron chi connectivity index (χ2n) is 6.67. The highest BCUT2D eigenvalue weighted by Crippen LogP contribution is 2.21. The van der Waals surface area contributed by atoms with E-state index in [0.717, 1.165) is 25.9 Å². The predicted molar refractivity (Wildman–Crippen MR) is 106 cm³/mol. The lowest BCUT2D eigenvalue weighted by Crippen LogP contribution is -2.31. The Morgan fingerprint density at radius 1 is 1.00 bits per heavy atom. The maximum atomic E-state index is 12.8. The predicted octanol–water partition coefficient (Wildman–Crippen LogP) is 4.35. The second kappa shape index (κ2) is 9.21. The molecule has 1 heterocycles. The van der Waals surface area contributed by atoms with Gasteiger partial charge in [-0.05, 0) is 50.1 Å². The number of anilines is 1. The molecule has 2 aromatic carbocycles. The van der Waals surface area contributed by atoms with Crippen molar-refractivity contribution < 1.29 is 14.3 Å². The van der Waals surface area contributed by atoms with Gasteiger partial charge in [-0.25, -0.2) is 0 Å². The van der Waals surface area contributed by atoms with Gasteiger partial charge in [0.2, 0.25) is 0 Å². The maximum absolute atomic E-state index is 12.8. The molecule has 0 atom stereocenters. The number of benzene rings is 2. The summed E-state index contributed by atoms with van der Waals surface area (Å²) in [7, 11) is 0. The lowest BCUT2D eigenvalue weighted by atomic mass is 10.1. The number of ether oxygens (including phenoxy) is 1. The summed E-state index contributed by atoms with van der Waals surface area (Å²) in [5.41, 5.74) is 1.68. The summed E-state index contributed by atoms with van der Waals surface area (Å²) in [4.78, 5) is 27.4. The molecule has 1 aliphatic rings. The summed E-state index contributed by atoms with van der Waals surface area (Å²) < 4.78 is 5.53. The molecule has 0 unspecified atom stereocenters. The SMILES string of the molecule is CCOc1ccccc1C(=O)Nc1cccc(C(=O)N2CCCCCC2)c1. The van der Waals surface area contributed by atoms with E-state index < -0.39 is 0 Å². The highest BCUT2D eigenvalue weighted by molar-refractivity contribution is 6.06. The Balaban J connectivity index is 1.74. The number of amides is 2. The van der Waals surface area contributed by atoms with Crippen LogP contribution in [-0.2, 0) is 0 Å². The monoisotopic (exact) mass is 366 g/mol. The molecule has 0 aromatic heterocycles. The van der Waals surface area contributed by atoms with E-state index in [4.69, 9.17) is 4.74 Å². The molecule has 1 aliphatic heterocycles. The summed E-state index contributed by atoms with van der Waals surface area (Å²) in [6.07, 6.45) is 4.46. The fourth-order valence-electron chi connectivity index (χ4n) is 3.32. The molecule has 142 valence electrons. The highest BCUT2D eigenvalue weighted by Gasteiger charge is 2.18. The van der Waals surface area contributed by atoms with E-state index in [-0.39, 0.29) is 11.8 Å². The first kappa shape index (κ1) is 19.0. The Morgan fingerprint density at radius 3 is 2.48 bits per heavy atom. The van der Waals surface area contributed by atoms with E-state index in [1.807, 2.05) is 17.9 Å². The summed E-state index contributed by atoms with van der Waals surface area (Å²) in [6, 6.07) is 14.3. The number of hydrogen-bond acceptors (Lipinski definition) is 3. The van der Waals surface area contributed by atoms with Gasteiger partial charge in [0, 0.05) is 24.3 Å². The van der Waals surface area contributed by atoms with Crippen LogP contribution in [-0.4, -0.2) is 36.4 Å². The highest BCUT2D eigenvalue weighted by atomic mass is 16.5. The number of likely N-dealkylation sites (tertiary alicyclic amines) is 1. The zero-order valence-corrected chi connectivity index (χ0v) is 15.7. The van der Waals surface area contributed by atoms with Gasteiger partial charge in [-0.15, -0.1) is 0 Å². The van der Waals surface area contributed by atoms with E-state index in [9.17, 15) is 9.59 Å². The van der Waals surface area contributed by atoms with Gasteiger partial charge in [0.25, 0.3) is 11.8 Å². The number of nitrogens with one attached hydrogen (secondary N) is 1. The van der Waals surface area contributed by atoms with Gasteiger partial charge in [0.1, 0.15) is 5.75 Å². The number of hydrogen-bond donors (Lipinski definition) is 1. The molecule has 2 amide bonds. The van der Waals surface area contributed by atoms with Crippen molar-refractivity contribution in [2.24, 2.45) is 0 Å². The molecular weight excluding hydrogens is 340 g/mol. The lowest BCUT2D eigenvalue weighted by Gasteiger charge is -2.20. The average Bonchev–Trinajstić information content (AvgIpc) is 2.98. The van der Waals surface area contributed by atoms with E-state index in [1.165, 1.54) is 12.8 Å². The van der Waals surface area contributed by atoms with Gasteiger partial charge in [-0.1, -0.05) is 31.0 Å². The Morgan fingerprint density at radius 2 is 1.74 bits per heavy atom. The number of carbonyl (C=O) groups excluding carboxylic acids is 2. The van der Waals surface area contributed by atoms with Crippen LogP contribution in [0, 0.1) is 0 Å². The second-order valence-corrected chi connectivity index (χ2v) is 6.67. The lowest BCUT2D eigenvalue weighted by molar-refractivity contribution is 0.0761. The number of nitrogens with zero attached hydrogens (tertiary/aromatic N) is 1. The van der Waals surface area contributed by atoms with Crippen LogP contribution >= 0.6 is 0 Å². The number of para-hydroxylation sites is 1. The zero-order valence-electron chi connectivity index (χ0n) is 15.7. The molecule has 5 heteroatoms. The average molecular weight is 366 g/mol. The molecular formula is C22H26N2O3. The molecule has 2 aromatic rings. The minimum Gasteiger partial charge on any atom is -0.493 e. The molecule has 1 N–H and O–H groups in total. The third kappa shape index (κ3) is 4.88. The summed E-state index contributed by atoms with van der Waals surface area (Å²) in [6.45, 7) is 3.98. The van der Waals surface area contributed by atoms with Crippen molar-refractivity contribution in [1.29, 1.82) is 0 Å². The van der Waals surface area contributed by atoms with Crippen molar-refractivity contribution in [2.75, 3.05) is 25.0 Å². The van der Waals surface area contributed by atoms with E-state index in [2.05, 4.69) is 5.32 Å². The first-order chi connectivity index (χ1) is 13.2. The summed E-state index contributed by atoms with van der Waals surface area (Å²) in [5.74, 6) is 0.329. The van der Waals surface area contributed by atoms with Crippen LogP contribution in [0.1, 0.15) is 53.3 Å². The molecule has 0 saturated carbocycles. The maximum Gasteiger partial charge on any atom is 0.259 e. The zero-order chi connectivity index (χ0) is 19.1. The van der Waals surface area contributed by atoms with Gasteiger partial charge >= 0.3 is 0 Å². The Labute approximate surface area is 160 Å². The quantitative estimate of drug-likeness (QED) is 0.856. The van der Waals surface area contributed by atoms with Gasteiger partial charge in [0.15, 0.2) is 0 Å². The van der Waals surface area contributed by atoms with Gasteiger partial charge < -0.3 is 15.0 Å². The molecule has 0 spiro atoms. The normalized spacial score (nSPS) is 14.3. The van der Waals surface area contributed by atoms with Crippen LogP contribution in [0.5, 0.6) is 5.75 Å². The van der Waals surface area contributed by atoms with Crippen LogP contribution in [0.3, 0.4) is 0 Å². The fourth-order valence-corrected chi connectivity index (χ4v) is 3.32. The standard InChI is InChI=1S/C22H26N2O3/c1-2-27-20-13-6-5-12-19(20)21(25)23-18-11-9-10-17(16-18)22(26)24-14-7-3-4-8-15-24/h5-6,9-13,16H,2-4,7-8,14-15H2,1H3,(H,23,25). The van der Waals surface area contributed by atoms with Crippen molar-refractivity contribution in [1.82, 2.24) is 4.90 Å². The Kier molecular flexibility index (Phi) is 6.47. The molecule has 0 radical (unpaired) electrons. The topological polar surface area (TPSA) is 58.6 Å². The summed E-state index contributed by atoms with van der Waals surface area (Å²) in [5, 5.41) is 2.88. The minimum atomic E-state index is -0.251. The van der Waals surface area contributed by atoms with Crippen LogP contribution in [0.15, 0.2) is 48.5 Å². The number of rotatable bonds is 5. The van der Waals surface area contributed by atoms with Crippen LogP contribution in [0.4, 0.5) is 5.69 Å². The fraction of sp³-hybridized carbons (Fsp3) is 0.364. The van der Waals surface area contributed by atoms with Crippen LogP contribution in [0.25, 0.3) is 0 Å². The van der Waals surface area contributed by atoms with Crippen LogP contribution < -0.4 is 10.1 Å². The van der Waals surface area contributed by atoms with Crippen molar-refractivity contribution in [2.45, 2.75) is 32.6 Å². The first-order valence-electron chi connectivity index (χ1n) is 9.61. The largest absolute Gasteiger partial charge is 0.493 e. The van der Waals surface area contributed by atoms with E-state index in [0.29, 0.717) is 29.2 Å². The van der Waals surface area contributed by atoms with Crippen LogP contribution in [0.2, 0.25) is 0 Å². The van der Waals surface area contributed by atoms with Crippen molar-refractivity contribution in [3.63, 3.8) is 0 Å². The van der Waals surface area contributed by atoms with Gasteiger partial charge in [0.05, 0.1) is 12.2 Å². The van der Waals surface area contributed by atoms with E-state index in [1.54, 1.807) is 42.5 Å². The van der Waals surface area contributed by atoms with Crippen molar-refractivity contribution in [3.05, 3.63) is 59.7 Å². The molecule has 0 aliphatic carbocycles. The molecule has 1 fully saturated rings. The number of carbonyl (C=O) groups is 2. The van der Waals surface area contributed by atoms with E-state index >= 15 is 0 Å². The van der Waals surface area contributed by atoms with Gasteiger partial charge in [-0.3, -0.25) is 9.59 Å². The Bertz CT molecular complexity index is 796. The molecule has 0 bridgehead atoms. The Hall–Kier alpha value is -2.82. The third-order valence-corrected chi connectivity index (χ3v) is 4.69. The minimum absolute atomic E-state index is 0.0303. The molecule has 5 nitrogen and oxygen atoms in total. The molecule has 3 rings (SSSR count). The van der Waals surface area contributed by atoms with Gasteiger partial charge in [-0.2, -0.15) is 0 Å². The van der Waals surface area contributed by atoms with Crippen molar-refractivity contribution in [3.8, 4) is 5.75 Å². The summed E-state index contributed by atoms with van der Waals surface area (Å²) >= 11 is 0. The molecule has 1 saturated heterocycles. The van der Waals surface area contributed by atoms with Crippen molar-refractivity contribution >= 4 is 17.5 Å².